The van der Waals surface area contributed by atoms with Crippen molar-refractivity contribution in [3.63, 3.8) is 0 Å². The lowest BCUT2D eigenvalue weighted by Crippen LogP contribution is -2.23. The highest BCUT2D eigenvalue weighted by molar-refractivity contribution is 9.10. The SMILES string of the molecule is CCCONC(O)c1cc2c(ncn2C)c(F)c1Nc1ccc(Br)cc1Cl. The maximum atomic E-state index is 15.2. The van der Waals surface area contributed by atoms with E-state index in [1.165, 1.54) is 6.33 Å². The van der Waals surface area contributed by atoms with Gasteiger partial charge in [-0.25, -0.2) is 9.37 Å². The summed E-state index contributed by atoms with van der Waals surface area (Å²) in [5.41, 5.74) is 4.12. The predicted molar refractivity (Wildman–Crippen MR) is 107 cm³/mol. The summed E-state index contributed by atoms with van der Waals surface area (Å²) < 4.78 is 17.7. The first-order chi connectivity index (χ1) is 12.9. The maximum Gasteiger partial charge on any atom is 0.174 e. The highest BCUT2D eigenvalue weighted by Gasteiger charge is 2.22. The molecule has 0 aliphatic rings. The largest absolute Gasteiger partial charge is 0.372 e. The van der Waals surface area contributed by atoms with E-state index in [-0.39, 0.29) is 16.8 Å². The molecule has 0 radical (unpaired) electrons. The number of aliphatic hydroxyl groups is 1. The Morgan fingerprint density at radius 2 is 2.19 bits per heavy atom. The Bertz CT molecular complexity index is 966. The lowest BCUT2D eigenvalue weighted by atomic mass is 10.1. The lowest BCUT2D eigenvalue weighted by Gasteiger charge is -2.19. The summed E-state index contributed by atoms with van der Waals surface area (Å²) in [7, 11) is 1.75. The monoisotopic (exact) mass is 456 g/mol. The van der Waals surface area contributed by atoms with E-state index in [2.05, 4.69) is 31.7 Å². The second-order valence-electron chi connectivity index (χ2n) is 6.00. The molecule has 0 spiro atoms. The number of anilines is 2. The number of nitrogens with one attached hydrogen (secondary N) is 2. The average Bonchev–Trinajstić information content (AvgIpc) is 3.00. The minimum atomic E-state index is -1.25. The summed E-state index contributed by atoms with van der Waals surface area (Å²) in [5.74, 6) is -0.585. The molecular formula is C18H19BrClFN4O2. The number of hydroxylamine groups is 1. The molecule has 27 heavy (non-hydrogen) atoms. The lowest BCUT2D eigenvalue weighted by molar-refractivity contribution is -0.0578. The van der Waals surface area contributed by atoms with E-state index >= 15 is 4.39 Å². The van der Waals surface area contributed by atoms with Crippen molar-refractivity contribution in [2.24, 2.45) is 7.05 Å². The van der Waals surface area contributed by atoms with Gasteiger partial charge in [0.15, 0.2) is 12.0 Å². The van der Waals surface area contributed by atoms with Crippen molar-refractivity contribution < 1.29 is 14.3 Å². The normalized spacial score (nSPS) is 12.5. The van der Waals surface area contributed by atoms with Crippen LogP contribution in [0.25, 0.3) is 11.0 Å². The van der Waals surface area contributed by atoms with Gasteiger partial charge in [-0.15, -0.1) is 0 Å². The van der Waals surface area contributed by atoms with Crippen LogP contribution in [0.5, 0.6) is 0 Å². The van der Waals surface area contributed by atoms with Crippen LogP contribution in [0.3, 0.4) is 0 Å². The Morgan fingerprint density at radius 3 is 2.89 bits per heavy atom. The summed E-state index contributed by atoms with van der Waals surface area (Å²) in [6.45, 7) is 2.35. The van der Waals surface area contributed by atoms with Crippen LogP contribution in [-0.2, 0) is 11.9 Å². The zero-order valence-corrected chi connectivity index (χ0v) is 17.1. The molecule has 1 heterocycles. The van der Waals surface area contributed by atoms with E-state index < -0.39 is 12.0 Å². The van der Waals surface area contributed by atoms with Gasteiger partial charge in [-0.05, 0) is 30.7 Å². The number of imidazole rings is 1. The van der Waals surface area contributed by atoms with E-state index in [0.29, 0.717) is 22.8 Å². The average molecular weight is 458 g/mol. The third-order valence-electron chi connectivity index (χ3n) is 3.98. The molecule has 9 heteroatoms. The molecule has 0 aliphatic heterocycles. The molecule has 0 saturated carbocycles. The molecule has 1 unspecified atom stereocenters. The number of aryl methyl sites for hydroxylation is 1. The molecule has 0 fully saturated rings. The third kappa shape index (κ3) is 4.25. The van der Waals surface area contributed by atoms with E-state index in [9.17, 15) is 5.11 Å². The van der Waals surface area contributed by atoms with Crippen LogP contribution in [0.1, 0.15) is 25.1 Å². The molecule has 6 nitrogen and oxygen atoms in total. The molecular weight excluding hydrogens is 439 g/mol. The summed E-state index contributed by atoms with van der Waals surface area (Å²) in [6.07, 6.45) is 1.04. The quantitative estimate of drug-likeness (QED) is 0.270. The summed E-state index contributed by atoms with van der Waals surface area (Å²) in [4.78, 5) is 9.31. The fourth-order valence-corrected chi connectivity index (χ4v) is 3.34. The van der Waals surface area contributed by atoms with E-state index in [1.807, 2.05) is 6.92 Å². The number of nitrogens with zero attached hydrogens (tertiary/aromatic N) is 2. The van der Waals surface area contributed by atoms with Crippen LogP contribution in [0.15, 0.2) is 35.1 Å². The van der Waals surface area contributed by atoms with Gasteiger partial charge in [0, 0.05) is 17.1 Å². The summed E-state index contributed by atoms with van der Waals surface area (Å²) in [6, 6.07) is 6.85. The topological polar surface area (TPSA) is 71.3 Å². The molecule has 3 rings (SSSR count). The Kier molecular flexibility index (Phi) is 6.33. The van der Waals surface area contributed by atoms with E-state index in [0.717, 1.165) is 10.9 Å². The van der Waals surface area contributed by atoms with Gasteiger partial charge in [-0.3, -0.25) is 4.84 Å². The van der Waals surface area contributed by atoms with Gasteiger partial charge < -0.3 is 15.0 Å². The number of fused-ring (bicyclic) bond motifs is 1. The number of hydrogen-bond acceptors (Lipinski definition) is 5. The number of benzene rings is 2. The Balaban J connectivity index is 2.07. The standard InChI is InChI=1S/C18H19BrClFN4O2/c1-3-6-27-24-18(26)11-8-14-17(22-9-25(14)2)15(21)16(11)23-13-5-4-10(19)7-12(13)20/h4-5,7-9,18,23-24,26H,3,6H2,1-2H3. The highest BCUT2D eigenvalue weighted by Crippen LogP contribution is 2.36. The molecule has 0 aliphatic carbocycles. The van der Waals surface area contributed by atoms with E-state index in [4.69, 9.17) is 16.4 Å². The molecule has 144 valence electrons. The van der Waals surface area contributed by atoms with Crippen LogP contribution in [0, 0.1) is 5.82 Å². The van der Waals surface area contributed by atoms with Crippen LogP contribution in [0.2, 0.25) is 5.02 Å². The molecule has 0 bridgehead atoms. The fraction of sp³-hybridized carbons (Fsp3) is 0.278. The molecule has 1 aromatic heterocycles. The van der Waals surface area contributed by atoms with Crippen LogP contribution in [0.4, 0.5) is 15.8 Å². The third-order valence-corrected chi connectivity index (χ3v) is 4.78. The van der Waals surface area contributed by atoms with Crippen molar-refractivity contribution in [2.75, 3.05) is 11.9 Å². The smallest absolute Gasteiger partial charge is 0.174 e. The van der Waals surface area contributed by atoms with Gasteiger partial charge >= 0.3 is 0 Å². The van der Waals surface area contributed by atoms with Gasteiger partial charge in [0.25, 0.3) is 0 Å². The van der Waals surface area contributed by atoms with Crippen molar-refractivity contribution in [1.82, 2.24) is 15.0 Å². The minimum absolute atomic E-state index is 0.0746. The van der Waals surface area contributed by atoms with Crippen molar-refractivity contribution >= 4 is 49.9 Å². The minimum Gasteiger partial charge on any atom is -0.372 e. The van der Waals surface area contributed by atoms with Crippen LogP contribution < -0.4 is 10.8 Å². The molecule has 0 saturated heterocycles. The Labute approximate surface area is 169 Å². The first kappa shape index (κ1) is 20.0. The Morgan fingerprint density at radius 1 is 1.41 bits per heavy atom. The first-order valence-electron chi connectivity index (χ1n) is 8.33. The van der Waals surface area contributed by atoms with E-state index in [1.54, 1.807) is 35.9 Å². The maximum absolute atomic E-state index is 15.2. The molecule has 0 amide bonds. The van der Waals surface area contributed by atoms with Gasteiger partial charge in [0.05, 0.1) is 34.8 Å². The van der Waals surface area contributed by atoms with Gasteiger partial charge in [0.1, 0.15) is 5.52 Å². The molecule has 1 atom stereocenters. The number of rotatable bonds is 7. The zero-order chi connectivity index (χ0) is 19.6. The van der Waals surface area contributed by atoms with Crippen LogP contribution in [-0.4, -0.2) is 21.3 Å². The number of hydrogen-bond donors (Lipinski definition) is 3. The second-order valence-corrected chi connectivity index (χ2v) is 7.32. The number of aliphatic hydroxyl groups excluding tert-OH is 1. The first-order valence-corrected chi connectivity index (χ1v) is 9.50. The molecule has 2 aromatic carbocycles. The highest BCUT2D eigenvalue weighted by atomic mass is 79.9. The zero-order valence-electron chi connectivity index (χ0n) is 14.8. The fourth-order valence-electron chi connectivity index (χ4n) is 2.62. The summed E-state index contributed by atoms with van der Waals surface area (Å²) >= 11 is 9.59. The van der Waals surface area contributed by atoms with Crippen molar-refractivity contribution in [3.05, 3.63) is 51.5 Å². The van der Waals surface area contributed by atoms with Crippen molar-refractivity contribution in [1.29, 1.82) is 0 Å². The van der Waals surface area contributed by atoms with Crippen molar-refractivity contribution in [2.45, 2.75) is 19.6 Å². The van der Waals surface area contributed by atoms with Gasteiger partial charge in [0.2, 0.25) is 0 Å². The molecule has 3 N–H and O–H groups in total. The summed E-state index contributed by atoms with van der Waals surface area (Å²) in [5, 5.41) is 13.9. The molecule has 3 aromatic rings. The Hall–Kier alpha value is -1.71. The van der Waals surface area contributed by atoms with Gasteiger partial charge in [-0.2, -0.15) is 5.48 Å². The predicted octanol–water partition coefficient (Wildman–Crippen LogP) is 4.79. The number of aromatic nitrogens is 2. The van der Waals surface area contributed by atoms with Crippen LogP contribution >= 0.6 is 27.5 Å². The van der Waals surface area contributed by atoms with Gasteiger partial charge in [-0.1, -0.05) is 34.5 Å². The second kappa shape index (κ2) is 8.53. The number of halogens is 3. The van der Waals surface area contributed by atoms with Crippen molar-refractivity contribution in [3.8, 4) is 0 Å².